The van der Waals surface area contributed by atoms with Crippen LogP contribution in [0.25, 0.3) is 11.3 Å². The van der Waals surface area contributed by atoms with Crippen LogP contribution in [0, 0.1) is 0 Å². The molecule has 1 aliphatic rings. The van der Waals surface area contributed by atoms with Gasteiger partial charge in [-0.2, -0.15) is 5.10 Å². The zero-order valence-corrected chi connectivity index (χ0v) is 12.1. The van der Waals surface area contributed by atoms with Gasteiger partial charge in [0.15, 0.2) is 6.23 Å². The Balaban J connectivity index is 2.03. The molecule has 0 bridgehead atoms. The Kier molecular flexibility index (Phi) is 3.70. The topological polar surface area (TPSA) is 88.3 Å². The van der Waals surface area contributed by atoms with Gasteiger partial charge in [-0.25, -0.2) is 4.68 Å². The summed E-state index contributed by atoms with van der Waals surface area (Å²) in [7, 11) is 1.61. The molecule has 1 aromatic heterocycles. The standard InChI is InChI=1S/C15H20N4O2/c1-20-10-5-6-11(12(16)8-10)15-13(17)9-18-19(15)14-4-2-3-7-21-14/h5-6,8-9,14H,2-4,7,16-17H2,1H3. The molecule has 6 heteroatoms. The van der Waals surface area contributed by atoms with Crippen molar-refractivity contribution < 1.29 is 9.47 Å². The van der Waals surface area contributed by atoms with E-state index in [-0.39, 0.29) is 6.23 Å². The van der Waals surface area contributed by atoms with Crippen molar-refractivity contribution in [1.29, 1.82) is 0 Å². The van der Waals surface area contributed by atoms with Gasteiger partial charge in [0.2, 0.25) is 0 Å². The molecule has 0 amide bonds. The van der Waals surface area contributed by atoms with E-state index >= 15 is 0 Å². The number of hydrogen-bond acceptors (Lipinski definition) is 5. The molecule has 0 saturated carbocycles. The lowest BCUT2D eigenvalue weighted by molar-refractivity contribution is -0.0383. The normalized spacial score (nSPS) is 18.6. The maximum absolute atomic E-state index is 6.14. The highest BCUT2D eigenvalue weighted by Crippen LogP contribution is 2.36. The minimum absolute atomic E-state index is 0.0763. The quantitative estimate of drug-likeness (QED) is 0.847. The third-order valence-electron chi connectivity index (χ3n) is 3.77. The maximum atomic E-state index is 6.14. The number of ether oxygens (including phenoxy) is 2. The highest BCUT2D eigenvalue weighted by molar-refractivity contribution is 5.82. The maximum Gasteiger partial charge on any atom is 0.150 e. The van der Waals surface area contributed by atoms with Gasteiger partial charge in [-0.3, -0.25) is 0 Å². The number of hydrogen-bond donors (Lipinski definition) is 2. The third kappa shape index (κ3) is 2.54. The van der Waals surface area contributed by atoms with E-state index in [0.717, 1.165) is 42.9 Å². The van der Waals surface area contributed by atoms with Crippen molar-refractivity contribution in [3.05, 3.63) is 24.4 Å². The number of aromatic nitrogens is 2. The van der Waals surface area contributed by atoms with E-state index in [2.05, 4.69) is 5.10 Å². The lowest BCUT2D eigenvalue weighted by Crippen LogP contribution is -2.20. The summed E-state index contributed by atoms with van der Waals surface area (Å²) < 4.78 is 12.8. The molecule has 2 heterocycles. The van der Waals surface area contributed by atoms with E-state index < -0.39 is 0 Å². The van der Waals surface area contributed by atoms with Gasteiger partial charge in [0.05, 0.1) is 24.7 Å². The van der Waals surface area contributed by atoms with Crippen LogP contribution in [0.3, 0.4) is 0 Å². The van der Waals surface area contributed by atoms with Crippen molar-refractivity contribution in [3.63, 3.8) is 0 Å². The first-order valence-electron chi connectivity index (χ1n) is 7.09. The van der Waals surface area contributed by atoms with Gasteiger partial charge in [0.1, 0.15) is 5.75 Å². The molecular weight excluding hydrogens is 268 g/mol. The summed E-state index contributed by atoms with van der Waals surface area (Å²) in [5.41, 5.74) is 15.1. The van der Waals surface area contributed by atoms with Gasteiger partial charge in [0.25, 0.3) is 0 Å². The van der Waals surface area contributed by atoms with Gasteiger partial charge >= 0.3 is 0 Å². The molecule has 6 nitrogen and oxygen atoms in total. The summed E-state index contributed by atoms with van der Waals surface area (Å²) in [6, 6.07) is 5.55. The van der Waals surface area contributed by atoms with Crippen molar-refractivity contribution in [2.75, 3.05) is 25.2 Å². The van der Waals surface area contributed by atoms with Crippen molar-refractivity contribution in [1.82, 2.24) is 9.78 Å². The van der Waals surface area contributed by atoms with Gasteiger partial charge in [-0.15, -0.1) is 0 Å². The van der Waals surface area contributed by atoms with Crippen molar-refractivity contribution in [2.45, 2.75) is 25.5 Å². The Bertz CT molecular complexity index is 633. The van der Waals surface area contributed by atoms with Crippen LogP contribution < -0.4 is 16.2 Å². The van der Waals surface area contributed by atoms with Crippen LogP contribution in [-0.4, -0.2) is 23.5 Å². The summed E-state index contributed by atoms with van der Waals surface area (Å²) in [5, 5.41) is 4.38. The van der Waals surface area contributed by atoms with Crippen LogP contribution >= 0.6 is 0 Å². The molecule has 1 atom stereocenters. The number of rotatable bonds is 3. The molecule has 112 valence electrons. The molecule has 1 aromatic carbocycles. The Morgan fingerprint density at radius 3 is 2.81 bits per heavy atom. The molecule has 1 unspecified atom stereocenters. The average Bonchev–Trinajstić information content (AvgIpc) is 2.89. The number of benzene rings is 1. The smallest absolute Gasteiger partial charge is 0.150 e. The number of nitrogen functional groups attached to an aromatic ring is 2. The molecule has 0 spiro atoms. The van der Waals surface area contributed by atoms with Gasteiger partial charge in [-0.05, 0) is 31.4 Å². The van der Waals surface area contributed by atoms with E-state index in [1.807, 2.05) is 16.8 Å². The summed E-state index contributed by atoms with van der Waals surface area (Å²) in [6.07, 6.45) is 4.73. The minimum Gasteiger partial charge on any atom is -0.497 e. The summed E-state index contributed by atoms with van der Waals surface area (Å²) in [5.74, 6) is 0.717. The van der Waals surface area contributed by atoms with Crippen LogP contribution in [0.2, 0.25) is 0 Å². The van der Waals surface area contributed by atoms with Crippen LogP contribution in [0.5, 0.6) is 5.75 Å². The third-order valence-corrected chi connectivity index (χ3v) is 3.77. The molecular formula is C15H20N4O2. The number of anilines is 2. The molecule has 1 saturated heterocycles. The molecule has 3 rings (SSSR count). The minimum atomic E-state index is -0.0763. The monoisotopic (exact) mass is 288 g/mol. The van der Waals surface area contributed by atoms with Gasteiger partial charge < -0.3 is 20.9 Å². The predicted octanol–water partition coefficient (Wildman–Crippen LogP) is 2.42. The SMILES string of the molecule is COc1ccc(-c2c(N)cnn2C2CCCCO2)c(N)c1. The summed E-state index contributed by atoms with van der Waals surface area (Å²) >= 11 is 0. The summed E-state index contributed by atoms with van der Waals surface area (Å²) in [6.45, 7) is 0.752. The van der Waals surface area contributed by atoms with Gasteiger partial charge in [-0.1, -0.05) is 0 Å². The molecule has 4 N–H and O–H groups in total. The van der Waals surface area contributed by atoms with E-state index in [4.69, 9.17) is 20.9 Å². The zero-order valence-electron chi connectivity index (χ0n) is 12.1. The zero-order chi connectivity index (χ0) is 14.8. The first-order valence-corrected chi connectivity index (χ1v) is 7.09. The highest BCUT2D eigenvalue weighted by Gasteiger charge is 2.22. The molecule has 21 heavy (non-hydrogen) atoms. The molecule has 0 radical (unpaired) electrons. The van der Waals surface area contributed by atoms with Crippen molar-refractivity contribution >= 4 is 11.4 Å². The van der Waals surface area contributed by atoms with E-state index in [9.17, 15) is 0 Å². The Labute approximate surface area is 123 Å². The van der Waals surface area contributed by atoms with E-state index in [0.29, 0.717) is 11.4 Å². The Morgan fingerprint density at radius 2 is 2.14 bits per heavy atom. The molecule has 1 fully saturated rings. The lowest BCUT2D eigenvalue weighted by Gasteiger charge is -2.25. The first-order chi connectivity index (χ1) is 10.2. The first kappa shape index (κ1) is 13.8. The molecule has 2 aromatic rings. The highest BCUT2D eigenvalue weighted by atomic mass is 16.5. The predicted molar refractivity (Wildman–Crippen MR) is 81.9 cm³/mol. The fraction of sp³-hybridized carbons (Fsp3) is 0.400. The van der Waals surface area contributed by atoms with Crippen molar-refractivity contribution in [3.8, 4) is 17.0 Å². The summed E-state index contributed by atoms with van der Waals surface area (Å²) in [4.78, 5) is 0. The second-order valence-corrected chi connectivity index (χ2v) is 5.17. The van der Waals surface area contributed by atoms with Crippen molar-refractivity contribution in [2.24, 2.45) is 0 Å². The van der Waals surface area contributed by atoms with Crippen LogP contribution in [0.15, 0.2) is 24.4 Å². The van der Waals surface area contributed by atoms with Gasteiger partial charge in [0, 0.05) is 23.9 Å². The number of nitrogens with zero attached hydrogens (tertiary/aromatic N) is 2. The van der Waals surface area contributed by atoms with E-state index in [1.54, 1.807) is 19.4 Å². The largest absolute Gasteiger partial charge is 0.497 e. The van der Waals surface area contributed by atoms with Crippen LogP contribution in [-0.2, 0) is 4.74 Å². The second-order valence-electron chi connectivity index (χ2n) is 5.17. The number of methoxy groups -OCH3 is 1. The molecule has 1 aliphatic heterocycles. The van der Waals surface area contributed by atoms with E-state index in [1.165, 1.54) is 0 Å². The Morgan fingerprint density at radius 1 is 1.29 bits per heavy atom. The van der Waals surface area contributed by atoms with Crippen LogP contribution in [0.4, 0.5) is 11.4 Å². The average molecular weight is 288 g/mol. The van der Waals surface area contributed by atoms with Crippen LogP contribution in [0.1, 0.15) is 25.5 Å². The number of nitrogens with two attached hydrogens (primary N) is 2. The Hall–Kier alpha value is -2.21. The fourth-order valence-electron chi connectivity index (χ4n) is 2.67. The lowest BCUT2D eigenvalue weighted by atomic mass is 10.1. The molecule has 0 aliphatic carbocycles. The fourth-order valence-corrected chi connectivity index (χ4v) is 2.67. The second kappa shape index (κ2) is 5.65.